The Labute approximate surface area is 110 Å². The molecule has 1 saturated carbocycles. The van der Waals surface area contributed by atoms with Crippen molar-refractivity contribution in [2.45, 2.75) is 18.9 Å². The van der Waals surface area contributed by atoms with Crippen molar-refractivity contribution in [3.8, 4) is 5.75 Å². The Hall–Kier alpha value is -2.23. The van der Waals surface area contributed by atoms with Crippen LogP contribution in [0.15, 0.2) is 42.6 Å². The minimum absolute atomic E-state index is 0.154. The van der Waals surface area contributed by atoms with Crippen LogP contribution in [0.4, 0.5) is 4.39 Å². The molecule has 0 radical (unpaired) electrons. The summed E-state index contributed by atoms with van der Waals surface area (Å²) in [6.07, 6.45) is 3.88. The molecule has 2 aromatic rings. The van der Waals surface area contributed by atoms with Crippen molar-refractivity contribution in [2.24, 2.45) is 0 Å². The van der Waals surface area contributed by atoms with Crippen molar-refractivity contribution in [3.05, 3.63) is 59.7 Å². The second kappa shape index (κ2) is 4.80. The largest absolute Gasteiger partial charge is 0.490 e. The minimum atomic E-state index is -0.606. The SMILES string of the molecule is O=C(c1ccc(OC2CC2)cc1)c1ncccc1F. The summed E-state index contributed by atoms with van der Waals surface area (Å²) in [6, 6.07) is 9.41. The Bertz CT molecular complexity index is 606. The van der Waals surface area contributed by atoms with Gasteiger partial charge in [-0.15, -0.1) is 0 Å². The number of carbonyl (C=O) groups excluding carboxylic acids is 1. The predicted octanol–water partition coefficient (Wildman–Crippen LogP) is 2.99. The number of ether oxygens (including phenoxy) is 1. The molecule has 1 aromatic carbocycles. The maximum Gasteiger partial charge on any atom is 0.214 e. The molecular weight excluding hydrogens is 245 g/mol. The fourth-order valence-corrected chi connectivity index (χ4v) is 1.75. The average molecular weight is 257 g/mol. The van der Waals surface area contributed by atoms with Crippen LogP contribution in [0, 0.1) is 5.82 Å². The Kier molecular flexibility index (Phi) is 2.99. The molecule has 0 unspecified atom stereocenters. The first-order chi connectivity index (χ1) is 9.24. The lowest BCUT2D eigenvalue weighted by Crippen LogP contribution is -2.06. The molecule has 1 fully saturated rings. The zero-order valence-electron chi connectivity index (χ0n) is 10.2. The van der Waals surface area contributed by atoms with Gasteiger partial charge in [0.15, 0.2) is 5.82 Å². The summed E-state index contributed by atoms with van der Waals surface area (Å²) in [6.45, 7) is 0. The van der Waals surface area contributed by atoms with Crippen molar-refractivity contribution in [2.75, 3.05) is 0 Å². The van der Waals surface area contributed by atoms with Crippen LogP contribution in [0.5, 0.6) is 5.75 Å². The first kappa shape index (κ1) is 11.8. The molecule has 0 atom stereocenters. The van der Waals surface area contributed by atoms with Crippen LogP contribution in [-0.4, -0.2) is 16.9 Å². The highest BCUT2D eigenvalue weighted by molar-refractivity contribution is 6.07. The fourth-order valence-electron chi connectivity index (χ4n) is 1.75. The van der Waals surface area contributed by atoms with Gasteiger partial charge in [0.1, 0.15) is 11.4 Å². The summed E-state index contributed by atoms with van der Waals surface area (Å²) in [5, 5.41) is 0. The lowest BCUT2D eigenvalue weighted by atomic mass is 10.1. The van der Waals surface area contributed by atoms with E-state index in [1.807, 2.05) is 0 Å². The predicted molar refractivity (Wildman–Crippen MR) is 67.7 cm³/mol. The molecule has 3 rings (SSSR count). The van der Waals surface area contributed by atoms with Crippen molar-refractivity contribution < 1.29 is 13.9 Å². The van der Waals surface area contributed by atoms with Crippen molar-refractivity contribution in [1.29, 1.82) is 0 Å². The van der Waals surface area contributed by atoms with Gasteiger partial charge in [-0.05, 0) is 49.2 Å². The van der Waals surface area contributed by atoms with Crippen LogP contribution in [-0.2, 0) is 0 Å². The quantitative estimate of drug-likeness (QED) is 0.790. The van der Waals surface area contributed by atoms with E-state index < -0.39 is 11.6 Å². The van der Waals surface area contributed by atoms with Crippen molar-refractivity contribution >= 4 is 5.78 Å². The average Bonchev–Trinajstić information content (AvgIpc) is 3.23. The molecule has 0 saturated heterocycles. The maximum atomic E-state index is 13.5. The standard InChI is InChI=1S/C15H12FNO2/c16-13-2-1-9-17-14(13)15(18)10-3-5-11(6-4-10)19-12-7-8-12/h1-6,9,12H,7-8H2. The number of rotatable bonds is 4. The molecule has 19 heavy (non-hydrogen) atoms. The van der Waals surface area contributed by atoms with E-state index in [1.165, 1.54) is 18.3 Å². The molecule has 0 spiro atoms. The maximum absolute atomic E-state index is 13.5. The fraction of sp³-hybridized carbons (Fsp3) is 0.200. The van der Waals surface area contributed by atoms with Gasteiger partial charge in [0.05, 0.1) is 6.10 Å². The smallest absolute Gasteiger partial charge is 0.214 e. The van der Waals surface area contributed by atoms with Crippen molar-refractivity contribution in [1.82, 2.24) is 4.98 Å². The van der Waals surface area contributed by atoms with Crippen LogP contribution >= 0.6 is 0 Å². The number of hydrogen-bond acceptors (Lipinski definition) is 3. The molecule has 0 amide bonds. The monoisotopic (exact) mass is 257 g/mol. The molecule has 1 heterocycles. The Balaban J connectivity index is 1.81. The number of hydrogen-bond donors (Lipinski definition) is 0. The summed E-state index contributed by atoms with van der Waals surface area (Å²) < 4.78 is 19.1. The van der Waals surface area contributed by atoms with Gasteiger partial charge in [-0.3, -0.25) is 4.79 Å². The van der Waals surface area contributed by atoms with Crippen molar-refractivity contribution in [3.63, 3.8) is 0 Å². The number of halogens is 1. The second-order valence-electron chi connectivity index (χ2n) is 4.50. The Morgan fingerprint density at radius 1 is 1.21 bits per heavy atom. The number of carbonyl (C=O) groups is 1. The topological polar surface area (TPSA) is 39.2 Å². The second-order valence-corrected chi connectivity index (χ2v) is 4.50. The summed E-state index contributed by atoms with van der Waals surface area (Å²) in [5.74, 6) is -0.289. The number of nitrogens with zero attached hydrogens (tertiary/aromatic N) is 1. The Morgan fingerprint density at radius 2 is 1.95 bits per heavy atom. The van der Waals surface area contributed by atoms with Crippen LogP contribution in [0.3, 0.4) is 0 Å². The van der Waals surface area contributed by atoms with Crippen LogP contribution in [0.25, 0.3) is 0 Å². The van der Waals surface area contributed by atoms with Gasteiger partial charge in [0, 0.05) is 11.8 Å². The van der Waals surface area contributed by atoms with E-state index in [4.69, 9.17) is 4.74 Å². The van der Waals surface area contributed by atoms with Gasteiger partial charge in [0.25, 0.3) is 0 Å². The normalized spacial score (nSPS) is 14.2. The molecule has 3 nitrogen and oxygen atoms in total. The molecule has 4 heteroatoms. The molecular formula is C15H12FNO2. The van der Waals surface area contributed by atoms with Gasteiger partial charge in [-0.2, -0.15) is 0 Å². The molecule has 0 N–H and O–H groups in total. The zero-order chi connectivity index (χ0) is 13.2. The van der Waals surface area contributed by atoms with Gasteiger partial charge in [0.2, 0.25) is 5.78 Å². The molecule has 0 bridgehead atoms. The third-order valence-corrected chi connectivity index (χ3v) is 2.92. The minimum Gasteiger partial charge on any atom is -0.490 e. The summed E-state index contributed by atoms with van der Waals surface area (Å²) >= 11 is 0. The highest BCUT2D eigenvalue weighted by atomic mass is 19.1. The molecule has 1 aliphatic rings. The zero-order valence-corrected chi connectivity index (χ0v) is 10.2. The molecule has 1 aromatic heterocycles. The molecule has 1 aliphatic carbocycles. The van der Waals surface area contributed by atoms with E-state index in [9.17, 15) is 9.18 Å². The van der Waals surface area contributed by atoms with Crippen LogP contribution < -0.4 is 4.74 Å². The van der Waals surface area contributed by atoms with Gasteiger partial charge < -0.3 is 4.74 Å². The number of aromatic nitrogens is 1. The third-order valence-electron chi connectivity index (χ3n) is 2.92. The van der Waals surface area contributed by atoms with E-state index in [0.717, 1.165) is 18.6 Å². The Morgan fingerprint density at radius 3 is 2.58 bits per heavy atom. The summed E-state index contributed by atoms with van der Waals surface area (Å²) in [4.78, 5) is 15.8. The van der Waals surface area contributed by atoms with Crippen LogP contribution in [0.1, 0.15) is 28.9 Å². The molecule has 96 valence electrons. The molecule has 0 aliphatic heterocycles. The highest BCUT2D eigenvalue weighted by Gasteiger charge is 2.23. The highest BCUT2D eigenvalue weighted by Crippen LogP contribution is 2.27. The number of ketones is 1. The van der Waals surface area contributed by atoms with E-state index in [1.54, 1.807) is 24.3 Å². The van der Waals surface area contributed by atoms with E-state index in [2.05, 4.69) is 4.98 Å². The summed E-state index contributed by atoms with van der Waals surface area (Å²) in [7, 11) is 0. The van der Waals surface area contributed by atoms with Gasteiger partial charge >= 0.3 is 0 Å². The lowest BCUT2D eigenvalue weighted by Gasteiger charge is -2.05. The van der Waals surface area contributed by atoms with Gasteiger partial charge in [-0.1, -0.05) is 0 Å². The number of pyridine rings is 1. The van der Waals surface area contributed by atoms with Gasteiger partial charge in [-0.25, -0.2) is 9.37 Å². The first-order valence-electron chi connectivity index (χ1n) is 6.16. The first-order valence-corrected chi connectivity index (χ1v) is 6.16. The van der Waals surface area contributed by atoms with E-state index in [0.29, 0.717) is 11.7 Å². The lowest BCUT2D eigenvalue weighted by molar-refractivity contribution is 0.103. The van der Waals surface area contributed by atoms with E-state index in [-0.39, 0.29) is 5.69 Å². The van der Waals surface area contributed by atoms with Crippen LogP contribution in [0.2, 0.25) is 0 Å². The third kappa shape index (κ3) is 2.62. The number of benzene rings is 1. The van der Waals surface area contributed by atoms with E-state index >= 15 is 0 Å². The summed E-state index contributed by atoms with van der Waals surface area (Å²) in [5.41, 5.74) is 0.249.